The summed E-state index contributed by atoms with van der Waals surface area (Å²) in [5.41, 5.74) is 2.47. The summed E-state index contributed by atoms with van der Waals surface area (Å²) in [6.45, 7) is -1.26. The van der Waals surface area contributed by atoms with E-state index < -0.39 is 12.2 Å². The van der Waals surface area contributed by atoms with E-state index >= 15 is 0 Å². The van der Waals surface area contributed by atoms with Gasteiger partial charge in [-0.05, 0) is 0 Å². The molecular formula is C32H37O6P. The van der Waals surface area contributed by atoms with Crippen molar-refractivity contribution in [1.29, 1.82) is 0 Å². The minimum atomic E-state index is -3.40. The number of phenolic OH excluding ortho intramolecular Hbond substituents is 2. The third-order valence-corrected chi connectivity index (χ3v) is 12.2. The molecule has 0 radical (unpaired) electrons. The number of rotatable bonds is 12. The van der Waals surface area contributed by atoms with E-state index in [0.29, 0.717) is 24.8 Å². The van der Waals surface area contributed by atoms with Gasteiger partial charge in [0.05, 0.1) is 0 Å². The molecule has 4 aromatic carbocycles. The Morgan fingerprint density at radius 3 is 1.33 bits per heavy atom. The number of phenols is 2. The molecule has 0 heterocycles. The van der Waals surface area contributed by atoms with E-state index in [1.807, 2.05) is 54.6 Å². The van der Waals surface area contributed by atoms with Gasteiger partial charge in [0.15, 0.2) is 0 Å². The maximum absolute atomic E-state index is 9.92. The number of aromatic hydroxyl groups is 2. The van der Waals surface area contributed by atoms with Crippen LogP contribution in [0.1, 0.15) is 23.6 Å². The van der Waals surface area contributed by atoms with Crippen LogP contribution in [0.25, 0.3) is 0 Å². The van der Waals surface area contributed by atoms with Crippen LogP contribution in [0.15, 0.2) is 103 Å². The third-order valence-electron chi connectivity index (χ3n) is 7.36. The Morgan fingerprint density at radius 2 is 0.949 bits per heavy atom. The van der Waals surface area contributed by atoms with Crippen LogP contribution >= 0.6 is 6.83 Å². The van der Waals surface area contributed by atoms with Crippen LogP contribution in [-0.4, -0.2) is 50.6 Å². The van der Waals surface area contributed by atoms with Crippen molar-refractivity contribution in [3.8, 4) is 17.2 Å². The zero-order valence-electron chi connectivity index (χ0n) is 22.9. The zero-order valence-corrected chi connectivity index (χ0v) is 23.8. The standard InChI is InChI=1S/C32H37O6P/c1-32(25-10-16-28(33)17-11-25,26-12-18-29(34)19-13-26)27-14-20-30(21-15-27)38-39(22-35-2,23-36-3,24-37-4)31-8-6-5-7-9-31/h5-21,33-34H,22-24H2,1-4H3. The fraction of sp³-hybridized carbons (Fsp3) is 0.250. The quantitative estimate of drug-likeness (QED) is 0.157. The molecule has 4 rings (SSSR count). The Labute approximate surface area is 230 Å². The van der Waals surface area contributed by atoms with Gasteiger partial charge in [0, 0.05) is 0 Å². The molecule has 0 spiro atoms. The van der Waals surface area contributed by atoms with Gasteiger partial charge in [-0.1, -0.05) is 0 Å². The van der Waals surface area contributed by atoms with E-state index in [4.69, 9.17) is 18.7 Å². The van der Waals surface area contributed by atoms with Gasteiger partial charge in [-0.3, -0.25) is 0 Å². The summed E-state index contributed by atoms with van der Waals surface area (Å²) < 4.78 is 24.4. The van der Waals surface area contributed by atoms with Crippen molar-refractivity contribution in [3.63, 3.8) is 0 Å². The fourth-order valence-electron chi connectivity index (χ4n) is 5.39. The van der Waals surface area contributed by atoms with Gasteiger partial charge >= 0.3 is 231 Å². The molecule has 6 nitrogen and oxygen atoms in total. The molecule has 0 saturated heterocycles. The van der Waals surface area contributed by atoms with Crippen molar-refractivity contribution >= 4 is 12.1 Å². The van der Waals surface area contributed by atoms with Gasteiger partial charge in [0.25, 0.3) is 0 Å². The van der Waals surface area contributed by atoms with Gasteiger partial charge in [-0.25, -0.2) is 0 Å². The van der Waals surface area contributed by atoms with Crippen LogP contribution in [-0.2, 0) is 19.6 Å². The van der Waals surface area contributed by atoms with Crippen LogP contribution in [0.5, 0.6) is 17.2 Å². The van der Waals surface area contributed by atoms with Crippen LogP contribution in [0.4, 0.5) is 0 Å². The summed E-state index contributed by atoms with van der Waals surface area (Å²) in [6.07, 6.45) is 0.993. The monoisotopic (exact) mass is 548 g/mol. The maximum atomic E-state index is 9.92. The van der Waals surface area contributed by atoms with Crippen LogP contribution < -0.4 is 9.83 Å². The Balaban J connectivity index is 1.82. The van der Waals surface area contributed by atoms with Gasteiger partial charge in [-0.15, -0.1) is 0 Å². The molecule has 4 aromatic rings. The molecule has 0 aliphatic heterocycles. The molecule has 7 heteroatoms. The molecular weight excluding hydrogens is 511 g/mol. The van der Waals surface area contributed by atoms with Crippen molar-refractivity contribution in [1.82, 2.24) is 0 Å². The topological polar surface area (TPSA) is 77.4 Å². The molecule has 0 aliphatic carbocycles. The number of ether oxygens (including phenoxy) is 3. The third kappa shape index (κ3) is 5.52. The first-order valence-corrected chi connectivity index (χ1v) is 15.4. The second-order valence-electron chi connectivity index (χ2n) is 10.0. The van der Waals surface area contributed by atoms with Crippen molar-refractivity contribution in [2.24, 2.45) is 0 Å². The molecule has 0 saturated carbocycles. The minimum absolute atomic E-state index is 0.206. The Bertz CT molecular complexity index is 1270. The summed E-state index contributed by atoms with van der Waals surface area (Å²) >= 11 is 0. The Morgan fingerprint density at radius 1 is 0.564 bits per heavy atom. The summed E-state index contributed by atoms with van der Waals surface area (Å²) in [5.74, 6) is 1.10. The van der Waals surface area contributed by atoms with E-state index in [2.05, 4.69) is 31.2 Å². The molecule has 0 aliphatic rings. The number of hydrogen-bond acceptors (Lipinski definition) is 6. The normalized spacial score (nSPS) is 13.0. The fourth-order valence-corrected chi connectivity index (χ4v) is 9.72. The first kappa shape index (κ1) is 28.6. The average Bonchev–Trinajstić information content (AvgIpc) is 2.95. The second-order valence-corrected chi connectivity index (χ2v) is 14.8. The Kier molecular flexibility index (Phi) is 8.63. The van der Waals surface area contributed by atoms with E-state index in [1.54, 1.807) is 45.6 Å². The molecule has 0 bridgehead atoms. The van der Waals surface area contributed by atoms with Crippen LogP contribution in [0, 0.1) is 0 Å². The first-order chi connectivity index (χ1) is 18.8. The number of benzene rings is 4. The predicted molar refractivity (Wildman–Crippen MR) is 157 cm³/mol. The van der Waals surface area contributed by atoms with Gasteiger partial charge < -0.3 is 0 Å². The van der Waals surface area contributed by atoms with Crippen molar-refractivity contribution in [3.05, 3.63) is 120 Å². The van der Waals surface area contributed by atoms with Gasteiger partial charge in [0.2, 0.25) is 0 Å². The molecule has 0 fully saturated rings. The van der Waals surface area contributed by atoms with E-state index in [9.17, 15) is 10.2 Å². The molecule has 2 N–H and O–H groups in total. The van der Waals surface area contributed by atoms with Crippen molar-refractivity contribution < 1.29 is 28.9 Å². The van der Waals surface area contributed by atoms with Gasteiger partial charge in [0.1, 0.15) is 0 Å². The van der Waals surface area contributed by atoms with E-state index in [1.165, 1.54) is 0 Å². The number of hydrogen-bond donors (Lipinski definition) is 2. The van der Waals surface area contributed by atoms with Crippen molar-refractivity contribution in [2.75, 3.05) is 40.4 Å². The summed E-state index contributed by atoms with van der Waals surface area (Å²) in [5, 5.41) is 20.8. The molecule has 0 atom stereocenters. The van der Waals surface area contributed by atoms with Crippen LogP contribution in [0.2, 0.25) is 0 Å². The zero-order chi connectivity index (χ0) is 28.0. The molecule has 0 aromatic heterocycles. The molecule has 39 heavy (non-hydrogen) atoms. The summed E-state index contributed by atoms with van der Waals surface area (Å²) in [7, 11) is 5.01. The summed E-state index contributed by atoms with van der Waals surface area (Å²) in [4.78, 5) is 0. The second kappa shape index (κ2) is 11.8. The number of methoxy groups -OCH3 is 3. The van der Waals surface area contributed by atoms with Crippen LogP contribution in [0.3, 0.4) is 0 Å². The molecule has 206 valence electrons. The molecule has 0 amide bonds. The summed E-state index contributed by atoms with van der Waals surface area (Å²) in [6, 6.07) is 32.6. The average molecular weight is 549 g/mol. The van der Waals surface area contributed by atoms with Gasteiger partial charge in [-0.2, -0.15) is 0 Å². The van der Waals surface area contributed by atoms with E-state index in [-0.39, 0.29) is 11.5 Å². The molecule has 0 unspecified atom stereocenters. The van der Waals surface area contributed by atoms with Crippen molar-refractivity contribution in [2.45, 2.75) is 12.3 Å². The predicted octanol–water partition coefficient (Wildman–Crippen LogP) is 6.44. The first-order valence-electron chi connectivity index (χ1n) is 12.7. The Hall–Kier alpha value is -3.41. The van der Waals surface area contributed by atoms with E-state index in [0.717, 1.165) is 22.0 Å². The SMILES string of the molecule is COCP(COC)(COC)(Oc1ccc(C(C)(c2ccc(O)cc2)c2ccc(O)cc2)cc1)c1ccccc1.